The van der Waals surface area contributed by atoms with Gasteiger partial charge in [-0.3, -0.25) is 4.79 Å². The van der Waals surface area contributed by atoms with Crippen molar-refractivity contribution in [2.45, 2.75) is 37.3 Å². The average molecular weight is 483 g/mol. The largest absolute Gasteiger partial charge is 0.486 e. The van der Waals surface area contributed by atoms with Crippen molar-refractivity contribution in [1.29, 1.82) is 0 Å². The third-order valence-corrected chi connectivity index (χ3v) is 7.93. The highest BCUT2D eigenvalue weighted by molar-refractivity contribution is 7.91. The van der Waals surface area contributed by atoms with Crippen LogP contribution in [0, 0.1) is 0 Å². The van der Waals surface area contributed by atoms with E-state index in [4.69, 9.17) is 4.74 Å². The molecule has 3 aromatic rings. The Hall–Kier alpha value is -3.33. The normalized spacial score (nSPS) is 14.7. The molecule has 0 saturated carbocycles. The summed E-state index contributed by atoms with van der Waals surface area (Å²) in [5.74, 6) is 1.52. The van der Waals surface area contributed by atoms with E-state index in [0.29, 0.717) is 22.8 Å². The lowest BCUT2D eigenvalue weighted by molar-refractivity contribution is 0.0931. The van der Waals surface area contributed by atoms with Gasteiger partial charge in [0, 0.05) is 49.8 Å². The maximum Gasteiger partial charge on any atom is 0.251 e. The topological polar surface area (TPSA) is 93.5 Å². The van der Waals surface area contributed by atoms with E-state index in [0.717, 1.165) is 37.4 Å². The summed E-state index contributed by atoms with van der Waals surface area (Å²) in [5.41, 5.74) is 1.60. The van der Waals surface area contributed by atoms with Crippen LogP contribution in [0.1, 0.15) is 35.9 Å². The highest BCUT2D eigenvalue weighted by Gasteiger charge is 2.22. The van der Waals surface area contributed by atoms with Crippen LogP contribution >= 0.6 is 0 Å². The summed E-state index contributed by atoms with van der Waals surface area (Å²) < 4.78 is 31.6. The minimum absolute atomic E-state index is 0.0942. The molecule has 0 aliphatic carbocycles. The highest BCUT2D eigenvalue weighted by Crippen LogP contribution is 2.23. The highest BCUT2D eigenvalue weighted by atomic mass is 32.2. The number of carbonyl (C=O) groups excluding carboxylic acids is 1. The molecule has 180 valence electrons. The molecule has 2 heterocycles. The summed E-state index contributed by atoms with van der Waals surface area (Å²) in [7, 11) is -1.27. The number of hydrogen-bond acceptors (Lipinski definition) is 6. The van der Waals surface area contributed by atoms with Gasteiger partial charge in [0.15, 0.2) is 9.84 Å². The van der Waals surface area contributed by atoms with Crippen molar-refractivity contribution in [3.8, 4) is 5.75 Å². The van der Waals surface area contributed by atoms with E-state index in [1.165, 1.54) is 0 Å². The van der Waals surface area contributed by atoms with Crippen molar-refractivity contribution in [3.63, 3.8) is 0 Å². The molecule has 1 N–H and O–H groups in total. The lowest BCUT2D eigenvalue weighted by Crippen LogP contribution is -2.44. The average Bonchev–Trinajstić information content (AvgIpc) is 3.28. The van der Waals surface area contributed by atoms with E-state index in [9.17, 15) is 13.2 Å². The number of nitrogens with one attached hydrogen (secondary N) is 1. The number of amides is 1. The number of benzene rings is 2. The van der Waals surface area contributed by atoms with E-state index in [1.807, 2.05) is 29.9 Å². The van der Waals surface area contributed by atoms with Gasteiger partial charge in [-0.15, -0.1) is 0 Å². The van der Waals surface area contributed by atoms with Gasteiger partial charge in [0.05, 0.1) is 10.6 Å². The Morgan fingerprint density at radius 2 is 1.76 bits per heavy atom. The number of carbonyl (C=O) groups is 1. The second-order valence-electron chi connectivity index (χ2n) is 8.40. The van der Waals surface area contributed by atoms with E-state index < -0.39 is 9.84 Å². The lowest BCUT2D eigenvalue weighted by Gasteiger charge is -2.34. The van der Waals surface area contributed by atoms with E-state index in [-0.39, 0.29) is 17.7 Å². The number of anilines is 1. The predicted molar refractivity (Wildman–Crippen MR) is 131 cm³/mol. The molecule has 1 aliphatic heterocycles. The van der Waals surface area contributed by atoms with E-state index in [2.05, 4.69) is 15.2 Å². The number of aryl methyl sites for hydroxylation is 1. The molecule has 1 fully saturated rings. The van der Waals surface area contributed by atoms with Crippen molar-refractivity contribution >= 4 is 21.4 Å². The minimum atomic E-state index is -3.19. The van der Waals surface area contributed by atoms with E-state index >= 15 is 0 Å². The number of rotatable bonds is 8. The molecule has 1 amide bonds. The van der Waals surface area contributed by atoms with Gasteiger partial charge in [0.2, 0.25) is 0 Å². The molecule has 34 heavy (non-hydrogen) atoms. The summed E-state index contributed by atoms with van der Waals surface area (Å²) in [5, 5.41) is 3.13. The van der Waals surface area contributed by atoms with Gasteiger partial charge in [-0.2, -0.15) is 0 Å². The summed E-state index contributed by atoms with van der Waals surface area (Å²) >= 11 is 0. The third kappa shape index (κ3) is 5.59. The standard InChI is InChI=1S/C25H30N4O4S/c1-3-34(31,32)23-10-6-21(7-11-23)29-15-12-20(13-16-29)27-25(30)19-4-8-22(9-5-19)33-18-24-26-14-17-28(24)2/h4-11,14,17,20H,3,12-13,15-16,18H2,1-2H3,(H,27,30). The first-order valence-corrected chi connectivity index (χ1v) is 13.1. The SMILES string of the molecule is CCS(=O)(=O)c1ccc(N2CCC(NC(=O)c3ccc(OCc4nccn4C)cc3)CC2)cc1. The molecule has 0 atom stereocenters. The fourth-order valence-electron chi connectivity index (χ4n) is 3.97. The molecular formula is C25H30N4O4S. The number of sulfone groups is 1. The first-order valence-electron chi connectivity index (χ1n) is 11.4. The van der Waals surface area contributed by atoms with Gasteiger partial charge < -0.3 is 19.5 Å². The first-order chi connectivity index (χ1) is 16.4. The molecule has 8 nitrogen and oxygen atoms in total. The number of hydrogen-bond donors (Lipinski definition) is 1. The first kappa shape index (κ1) is 23.8. The maximum atomic E-state index is 12.7. The monoisotopic (exact) mass is 482 g/mol. The van der Waals surface area contributed by atoms with Crippen LogP contribution < -0.4 is 15.0 Å². The van der Waals surface area contributed by atoms with Crippen LogP contribution in [0.4, 0.5) is 5.69 Å². The summed E-state index contributed by atoms with van der Waals surface area (Å²) in [6, 6.07) is 14.3. The smallest absolute Gasteiger partial charge is 0.251 e. The van der Waals surface area contributed by atoms with Crippen molar-refractivity contribution in [3.05, 3.63) is 72.3 Å². The van der Waals surface area contributed by atoms with Crippen molar-refractivity contribution in [2.75, 3.05) is 23.7 Å². The second-order valence-corrected chi connectivity index (χ2v) is 10.7. The number of piperidine rings is 1. The van der Waals surface area contributed by atoms with Gasteiger partial charge in [-0.1, -0.05) is 6.92 Å². The van der Waals surface area contributed by atoms with Crippen LogP contribution in [0.25, 0.3) is 0 Å². The Bertz CT molecular complexity index is 1210. The molecule has 1 saturated heterocycles. The predicted octanol–water partition coefficient (Wildman–Crippen LogP) is 3.19. The Morgan fingerprint density at radius 1 is 1.09 bits per heavy atom. The molecule has 4 rings (SSSR count). The summed E-state index contributed by atoms with van der Waals surface area (Å²) in [6.45, 7) is 3.61. The zero-order valence-electron chi connectivity index (χ0n) is 19.5. The van der Waals surface area contributed by atoms with Crippen LogP contribution in [0.3, 0.4) is 0 Å². The molecule has 0 bridgehead atoms. The van der Waals surface area contributed by atoms with Gasteiger partial charge >= 0.3 is 0 Å². The van der Waals surface area contributed by atoms with Crippen LogP contribution in [0.5, 0.6) is 5.75 Å². The van der Waals surface area contributed by atoms with Gasteiger partial charge in [-0.05, 0) is 61.4 Å². The van der Waals surface area contributed by atoms with Crippen LogP contribution in [-0.2, 0) is 23.5 Å². The molecule has 1 aliphatic rings. The van der Waals surface area contributed by atoms with Crippen LogP contribution in [-0.4, -0.2) is 48.8 Å². The molecular weight excluding hydrogens is 452 g/mol. The van der Waals surface area contributed by atoms with Crippen molar-refractivity contribution < 1.29 is 17.9 Å². The molecule has 1 aromatic heterocycles. The summed E-state index contributed by atoms with van der Waals surface area (Å²) in [6.07, 6.45) is 5.25. The maximum absolute atomic E-state index is 12.7. The molecule has 0 spiro atoms. The van der Waals surface area contributed by atoms with Crippen molar-refractivity contribution in [2.24, 2.45) is 7.05 Å². The third-order valence-electron chi connectivity index (χ3n) is 6.18. The Labute approximate surface area is 200 Å². The Morgan fingerprint density at radius 3 is 2.35 bits per heavy atom. The fourth-order valence-corrected chi connectivity index (χ4v) is 4.85. The lowest BCUT2D eigenvalue weighted by atomic mass is 10.0. The Balaban J connectivity index is 1.26. The van der Waals surface area contributed by atoms with Gasteiger partial charge in [0.1, 0.15) is 18.2 Å². The summed E-state index contributed by atoms with van der Waals surface area (Å²) in [4.78, 5) is 19.5. The minimum Gasteiger partial charge on any atom is -0.486 e. The van der Waals surface area contributed by atoms with Gasteiger partial charge in [0.25, 0.3) is 5.91 Å². The Kier molecular flexibility index (Phi) is 7.21. The molecule has 0 unspecified atom stereocenters. The second kappa shape index (κ2) is 10.3. The number of ether oxygens (including phenoxy) is 1. The van der Waals surface area contributed by atoms with Crippen LogP contribution in [0.15, 0.2) is 65.8 Å². The van der Waals surface area contributed by atoms with E-state index in [1.54, 1.807) is 49.5 Å². The molecule has 9 heteroatoms. The molecule has 2 aromatic carbocycles. The van der Waals surface area contributed by atoms with Crippen LogP contribution in [0.2, 0.25) is 0 Å². The quantitative estimate of drug-likeness (QED) is 0.530. The number of nitrogens with zero attached hydrogens (tertiary/aromatic N) is 3. The number of imidazole rings is 1. The molecule has 0 radical (unpaired) electrons. The fraction of sp³-hybridized carbons (Fsp3) is 0.360. The van der Waals surface area contributed by atoms with Crippen molar-refractivity contribution in [1.82, 2.24) is 14.9 Å². The number of aromatic nitrogens is 2. The zero-order valence-corrected chi connectivity index (χ0v) is 20.3. The van der Waals surface area contributed by atoms with Gasteiger partial charge in [-0.25, -0.2) is 13.4 Å². The zero-order chi connectivity index (χ0) is 24.1.